The Bertz CT molecular complexity index is 1260. The van der Waals surface area contributed by atoms with Crippen LogP contribution in [0.2, 0.25) is 0 Å². The average Bonchev–Trinajstić information content (AvgIpc) is 3.19. The number of nitrogens with two attached hydrogens (primary N) is 1. The number of halogens is 1. The highest BCUT2D eigenvalue weighted by Crippen LogP contribution is 2.32. The molecule has 0 aliphatic carbocycles. The second kappa shape index (κ2) is 6.53. The van der Waals surface area contributed by atoms with Gasteiger partial charge in [0.2, 0.25) is 0 Å². The van der Waals surface area contributed by atoms with Crippen LogP contribution >= 0.6 is 15.9 Å². The second-order valence-corrected chi connectivity index (χ2v) is 7.78. The molecule has 1 unspecified atom stereocenters. The molecule has 3 N–H and O–H groups in total. The van der Waals surface area contributed by atoms with Crippen molar-refractivity contribution >= 4 is 44.5 Å². The fourth-order valence-electron chi connectivity index (χ4n) is 3.91. The van der Waals surface area contributed by atoms with Gasteiger partial charge in [0.1, 0.15) is 10.4 Å². The van der Waals surface area contributed by atoms with Gasteiger partial charge in [0, 0.05) is 18.1 Å². The first-order valence-electron chi connectivity index (χ1n) is 9.16. The summed E-state index contributed by atoms with van der Waals surface area (Å²) in [6.07, 6.45) is 2.86. The number of anilines is 1. The van der Waals surface area contributed by atoms with Gasteiger partial charge in [-0.15, -0.1) is 0 Å². The van der Waals surface area contributed by atoms with Crippen molar-refractivity contribution in [1.29, 1.82) is 0 Å². The molecule has 3 aromatic rings. The van der Waals surface area contributed by atoms with Crippen LogP contribution in [-0.4, -0.2) is 32.8 Å². The molecule has 4 heterocycles. The molecule has 0 saturated carbocycles. The van der Waals surface area contributed by atoms with Crippen molar-refractivity contribution < 1.29 is 14.3 Å². The van der Waals surface area contributed by atoms with E-state index in [1.807, 2.05) is 10.7 Å². The Morgan fingerprint density at radius 2 is 2.00 bits per heavy atom. The van der Waals surface area contributed by atoms with E-state index in [9.17, 15) is 14.4 Å². The Hall–Kier alpha value is -2.98. The minimum absolute atomic E-state index is 0.00160. The van der Waals surface area contributed by atoms with Crippen molar-refractivity contribution in [3.05, 3.63) is 50.3 Å². The summed E-state index contributed by atoms with van der Waals surface area (Å²) < 4.78 is 9.51. The van der Waals surface area contributed by atoms with Gasteiger partial charge in [0.15, 0.2) is 6.23 Å². The lowest BCUT2D eigenvalue weighted by molar-refractivity contribution is -0.0368. The van der Waals surface area contributed by atoms with Crippen LogP contribution in [0.4, 0.5) is 5.82 Å². The third-order valence-electron chi connectivity index (χ3n) is 5.28. The predicted molar refractivity (Wildman–Crippen MR) is 108 cm³/mol. The zero-order valence-electron chi connectivity index (χ0n) is 15.1. The van der Waals surface area contributed by atoms with E-state index in [-0.39, 0.29) is 23.2 Å². The number of rotatable bonds is 2. The molecule has 2 aliphatic rings. The van der Waals surface area contributed by atoms with Crippen molar-refractivity contribution in [1.82, 2.24) is 19.7 Å². The summed E-state index contributed by atoms with van der Waals surface area (Å²) in [6.45, 7) is 0.698. The van der Waals surface area contributed by atoms with Gasteiger partial charge in [-0.25, -0.2) is 4.68 Å². The Balaban J connectivity index is 1.67. The lowest BCUT2D eigenvalue weighted by Gasteiger charge is -2.23. The molecule has 0 bridgehead atoms. The van der Waals surface area contributed by atoms with Crippen LogP contribution in [0.1, 0.15) is 46.2 Å². The van der Waals surface area contributed by atoms with E-state index in [1.54, 1.807) is 12.1 Å². The topological polar surface area (TPSA) is 121 Å². The summed E-state index contributed by atoms with van der Waals surface area (Å²) in [5, 5.41) is 7.50. The molecular weight excluding hydrogens is 442 g/mol. The molecule has 1 aromatic carbocycles. The molecular formula is C19H16BrN5O4. The van der Waals surface area contributed by atoms with Crippen LogP contribution in [0.3, 0.4) is 0 Å². The highest BCUT2D eigenvalue weighted by molar-refractivity contribution is 9.10. The Labute approximate surface area is 172 Å². The number of pyridine rings is 1. The number of aromatic nitrogens is 3. The van der Waals surface area contributed by atoms with Crippen molar-refractivity contribution in [3.63, 3.8) is 0 Å². The highest BCUT2D eigenvalue weighted by atomic mass is 79.9. The van der Waals surface area contributed by atoms with Crippen LogP contribution in [0, 0.1) is 0 Å². The zero-order chi connectivity index (χ0) is 20.3. The molecule has 10 heteroatoms. The number of imide groups is 1. The number of carbonyl (C=O) groups excluding carboxylic acids is 2. The fraction of sp³-hybridized carbons (Fsp3) is 0.263. The maximum absolute atomic E-state index is 12.7. The summed E-state index contributed by atoms with van der Waals surface area (Å²) in [5.41, 5.74) is 6.97. The highest BCUT2D eigenvalue weighted by Gasteiger charge is 2.32. The number of benzene rings is 1. The monoisotopic (exact) mass is 457 g/mol. The molecule has 0 spiro atoms. The van der Waals surface area contributed by atoms with E-state index in [1.165, 1.54) is 4.57 Å². The number of hydrogen-bond acceptors (Lipinski definition) is 6. The van der Waals surface area contributed by atoms with E-state index < -0.39 is 17.4 Å². The summed E-state index contributed by atoms with van der Waals surface area (Å²) >= 11 is 3.48. The van der Waals surface area contributed by atoms with Gasteiger partial charge in [0.05, 0.1) is 22.3 Å². The molecule has 2 aliphatic heterocycles. The van der Waals surface area contributed by atoms with E-state index in [2.05, 4.69) is 26.3 Å². The third-order valence-corrected chi connectivity index (χ3v) is 5.87. The number of carbonyl (C=O) groups is 2. The Kier molecular flexibility index (Phi) is 4.07. The maximum atomic E-state index is 12.7. The van der Waals surface area contributed by atoms with Crippen LogP contribution in [0.15, 0.2) is 33.7 Å². The van der Waals surface area contributed by atoms with Crippen LogP contribution in [0.25, 0.3) is 16.6 Å². The van der Waals surface area contributed by atoms with Crippen LogP contribution in [-0.2, 0) is 4.74 Å². The standard InChI is InChI=1S/C19H16BrN5O4/c20-16-10-7-9(4-5-12(10)25(23-16)14-3-1-2-6-29-14)24-13(26)8-11-15(17(24)21)19(28)22-18(11)27/h4-5,7-8,14H,1-3,6,21H2,(H,22,27,28). The van der Waals surface area contributed by atoms with Gasteiger partial charge in [-0.1, -0.05) is 0 Å². The first-order chi connectivity index (χ1) is 14.0. The van der Waals surface area contributed by atoms with Gasteiger partial charge in [-0.3, -0.25) is 24.3 Å². The molecule has 1 fully saturated rings. The number of hydrogen-bond donors (Lipinski definition) is 2. The number of nitrogens with zero attached hydrogens (tertiary/aromatic N) is 3. The van der Waals surface area contributed by atoms with Crippen molar-refractivity contribution in [2.75, 3.05) is 12.3 Å². The average molecular weight is 458 g/mol. The van der Waals surface area contributed by atoms with Crippen molar-refractivity contribution in [2.45, 2.75) is 25.5 Å². The maximum Gasteiger partial charge on any atom is 0.262 e. The normalized spacial score (nSPS) is 18.9. The molecule has 29 heavy (non-hydrogen) atoms. The van der Waals surface area contributed by atoms with Crippen LogP contribution < -0.4 is 16.6 Å². The largest absolute Gasteiger partial charge is 0.384 e. The van der Waals surface area contributed by atoms with Crippen molar-refractivity contribution in [3.8, 4) is 5.69 Å². The van der Waals surface area contributed by atoms with Gasteiger partial charge >= 0.3 is 0 Å². The number of nitrogen functional groups attached to an aromatic ring is 1. The Morgan fingerprint density at radius 1 is 1.17 bits per heavy atom. The smallest absolute Gasteiger partial charge is 0.262 e. The molecule has 148 valence electrons. The molecule has 0 radical (unpaired) electrons. The van der Waals surface area contributed by atoms with E-state index >= 15 is 0 Å². The third kappa shape index (κ3) is 2.70. The number of nitrogens with one attached hydrogen (secondary N) is 1. The van der Waals surface area contributed by atoms with E-state index in [4.69, 9.17) is 10.5 Å². The van der Waals surface area contributed by atoms with Gasteiger partial charge in [-0.2, -0.15) is 5.10 Å². The summed E-state index contributed by atoms with van der Waals surface area (Å²) in [4.78, 5) is 36.6. The number of fused-ring (bicyclic) bond motifs is 2. The minimum atomic E-state index is -0.618. The summed E-state index contributed by atoms with van der Waals surface area (Å²) in [6, 6.07) is 6.47. The molecule has 5 rings (SSSR count). The molecule has 1 saturated heterocycles. The van der Waals surface area contributed by atoms with Gasteiger partial charge in [0.25, 0.3) is 17.4 Å². The SMILES string of the molecule is Nc1c2c(cc(=O)n1-c1ccc3c(c1)c(Br)nn3C1CCCCO1)C(=O)NC2=O. The molecule has 1 atom stereocenters. The summed E-state index contributed by atoms with van der Waals surface area (Å²) in [7, 11) is 0. The lowest BCUT2D eigenvalue weighted by atomic mass is 10.1. The lowest BCUT2D eigenvalue weighted by Crippen LogP contribution is -2.24. The fourth-order valence-corrected chi connectivity index (χ4v) is 4.40. The minimum Gasteiger partial charge on any atom is -0.384 e. The van der Waals surface area contributed by atoms with Crippen molar-refractivity contribution in [2.24, 2.45) is 0 Å². The molecule has 9 nitrogen and oxygen atoms in total. The van der Waals surface area contributed by atoms with Crippen LogP contribution in [0.5, 0.6) is 0 Å². The predicted octanol–water partition coefficient (Wildman–Crippen LogP) is 2.11. The molecule has 2 aromatic heterocycles. The second-order valence-electron chi connectivity index (χ2n) is 7.03. The first-order valence-corrected chi connectivity index (χ1v) is 9.96. The van der Waals surface area contributed by atoms with E-state index in [0.717, 1.165) is 36.2 Å². The molecule has 2 amide bonds. The first kappa shape index (κ1) is 18.1. The quantitative estimate of drug-likeness (QED) is 0.568. The zero-order valence-corrected chi connectivity index (χ0v) is 16.7. The van der Waals surface area contributed by atoms with Gasteiger partial charge in [-0.05, 0) is 53.4 Å². The summed E-state index contributed by atoms with van der Waals surface area (Å²) in [5.74, 6) is -1.30. The Morgan fingerprint density at radius 3 is 2.76 bits per heavy atom. The van der Waals surface area contributed by atoms with E-state index in [0.29, 0.717) is 16.9 Å². The number of ether oxygens (including phenoxy) is 1. The number of amides is 2. The van der Waals surface area contributed by atoms with Gasteiger partial charge < -0.3 is 10.5 Å².